The van der Waals surface area contributed by atoms with Gasteiger partial charge in [0.2, 0.25) is 0 Å². The van der Waals surface area contributed by atoms with Gasteiger partial charge in [0.05, 0.1) is 11.6 Å². The van der Waals surface area contributed by atoms with E-state index < -0.39 is 10.0 Å². The number of rotatable bonds is 7. The molecule has 1 aliphatic carbocycles. The second-order valence-electron chi connectivity index (χ2n) is 6.66. The van der Waals surface area contributed by atoms with Gasteiger partial charge in [-0.2, -0.15) is 0 Å². The van der Waals surface area contributed by atoms with Gasteiger partial charge in [-0.05, 0) is 62.2 Å². The minimum absolute atomic E-state index is 0.0517. The summed E-state index contributed by atoms with van der Waals surface area (Å²) in [6, 6.07) is 11.0. The van der Waals surface area contributed by atoms with E-state index in [1.54, 1.807) is 24.3 Å². The molecule has 0 heterocycles. The summed E-state index contributed by atoms with van der Waals surface area (Å²) in [4.78, 5) is 12.3. The Morgan fingerprint density at radius 2 is 1.82 bits per heavy atom. The third-order valence-corrected chi connectivity index (χ3v) is 6.45. The van der Waals surface area contributed by atoms with Crippen molar-refractivity contribution in [2.45, 2.75) is 43.5 Å². The lowest BCUT2D eigenvalue weighted by Crippen LogP contribution is -2.32. The van der Waals surface area contributed by atoms with Gasteiger partial charge in [0.15, 0.2) is 0 Å². The van der Waals surface area contributed by atoms with E-state index in [4.69, 9.17) is 16.3 Å². The van der Waals surface area contributed by atoms with E-state index in [1.807, 2.05) is 6.92 Å². The molecule has 0 atom stereocenters. The van der Waals surface area contributed by atoms with Crippen LogP contribution in [0.5, 0.6) is 5.75 Å². The molecule has 3 rings (SSSR count). The van der Waals surface area contributed by atoms with Crippen LogP contribution >= 0.6 is 11.6 Å². The Bertz CT molecular complexity index is 939. The average molecular weight is 423 g/mol. The van der Waals surface area contributed by atoms with E-state index in [9.17, 15) is 13.2 Å². The maximum atomic E-state index is 12.8. The fraction of sp³-hybridized carbons (Fsp3) is 0.350. The minimum Gasteiger partial charge on any atom is -0.494 e. The van der Waals surface area contributed by atoms with Gasteiger partial charge in [-0.15, -0.1) is 0 Å². The smallest absolute Gasteiger partial charge is 0.263 e. The molecule has 0 bridgehead atoms. The molecule has 150 valence electrons. The largest absolute Gasteiger partial charge is 0.494 e. The highest BCUT2D eigenvalue weighted by molar-refractivity contribution is 7.92. The molecule has 0 aromatic heterocycles. The van der Waals surface area contributed by atoms with Crippen LogP contribution < -0.4 is 14.8 Å². The van der Waals surface area contributed by atoms with Crippen molar-refractivity contribution in [1.29, 1.82) is 0 Å². The zero-order valence-corrected chi connectivity index (χ0v) is 17.1. The second-order valence-corrected chi connectivity index (χ2v) is 8.72. The molecule has 1 fully saturated rings. The second kappa shape index (κ2) is 8.84. The lowest BCUT2D eigenvalue weighted by Gasteiger charge is -2.14. The van der Waals surface area contributed by atoms with Crippen LogP contribution in [0.2, 0.25) is 5.02 Å². The number of nitrogens with one attached hydrogen (secondary N) is 2. The normalized spacial score (nSPS) is 14.6. The molecule has 2 N–H and O–H groups in total. The lowest BCUT2D eigenvalue weighted by atomic mass is 10.2. The molecule has 0 aliphatic heterocycles. The third kappa shape index (κ3) is 4.97. The molecular weight excluding hydrogens is 400 g/mol. The topological polar surface area (TPSA) is 84.5 Å². The van der Waals surface area contributed by atoms with E-state index in [-0.39, 0.29) is 27.4 Å². The van der Waals surface area contributed by atoms with Crippen molar-refractivity contribution in [2.75, 3.05) is 11.3 Å². The van der Waals surface area contributed by atoms with E-state index in [0.717, 1.165) is 25.7 Å². The first-order valence-electron chi connectivity index (χ1n) is 9.25. The Hall–Kier alpha value is -2.25. The first-order valence-corrected chi connectivity index (χ1v) is 11.1. The van der Waals surface area contributed by atoms with Crippen LogP contribution in [0.3, 0.4) is 0 Å². The summed E-state index contributed by atoms with van der Waals surface area (Å²) < 4.78 is 33.4. The molecule has 1 saturated carbocycles. The molecular formula is C20H23ClN2O4S. The molecule has 2 aromatic rings. The summed E-state index contributed by atoms with van der Waals surface area (Å²) in [6.45, 7) is 2.39. The van der Waals surface area contributed by atoms with Crippen LogP contribution in [0.1, 0.15) is 43.0 Å². The molecule has 6 nitrogen and oxygen atoms in total. The number of ether oxygens (including phenoxy) is 1. The molecule has 1 amide bonds. The van der Waals surface area contributed by atoms with Crippen LogP contribution in [0, 0.1) is 0 Å². The number of hydrogen-bond acceptors (Lipinski definition) is 4. The predicted octanol–water partition coefficient (Wildman–Crippen LogP) is 4.21. The van der Waals surface area contributed by atoms with Crippen molar-refractivity contribution in [3.05, 3.63) is 53.1 Å². The van der Waals surface area contributed by atoms with Gasteiger partial charge >= 0.3 is 0 Å². The maximum absolute atomic E-state index is 12.8. The van der Waals surface area contributed by atoms with Crippen LogP contribution in [-0.4, -0.2) is 27.0 Å². The molecule has 1 aliphatic rings. The summed E-state index contributed by atoms with van der Waals surface area (Å²) in [6.07, 6.45) is 4.09. The van der Waals surface area contributed by atoms with Crippen molar-refractivity contribution in [2.24, 2.45) is 0 Å². The van der Waals surface area contributed by atoms with Crippen LogP contribution in [-0.2, 0) is 10.0 Å². The summed E-state index contributed by atoms with van der Waals surface area (Å²) in [7, 11) is -3.96. The van der Waals surface area contributed by atoms with Gasteiger partial charge in [-0.1, -0.05) is 24.4 Å². The average Bonchev–Trinajstić information content (AvgIpc) is 3.16. The summed E-state index contributed by atoms with van der Waals surface area (Å²) >= 11 is 6.12. The molecule has 0 spiro atoms. The van der Waals surface area contributed by atoms with Gasteiger partial charge in [0.1, 0.15) is 10.6 Å². The zero-order chi connectivity index (χ0) is 20.1. The number of benzene rings is 2. The molecule has 28 heavy (non-hydrogen) atoms. The maximum Gasteiger partial charge on any atom is 0.263 e. The van der Waals surface area contributed by atoms with E-state index in [2.05, 4.69) is 10.0 Å². The predicted molar refractivity (Wildman–Crippen MR) is 110 cm³/mol. The molecule has 0 radical (unpaired) electrons. The Morgan fingerprint density at radius 3 is 2.46 bits per heavy atom. The highest BCUT2D eigenvalue weighted by atomic mass is 35.5. The van der Waals surface area contributed by atoms with Crippen molar-refractivity contribution in [1.82, 2.24) is 5.32 Å². The van der Waals surface area contributed by atoms with Gasteiger partial charge in [0.25, 0.3) is 15.9 Å². The van der Waals surface area contributed by atoms with Gasteiger partial charge < -0.3 is 10.1 Å². The van der Waals surface area contributed by atoms with Crippen molar-refractivity contribution in [3.8, 4) is 5.75 Å². The first-order chi connectivity index (χ1) is 13.4. The fourth-order valence-electron chi connectivity index (χ4n) is 3.19. The first kappa shape index (κ1) is 20.5. The number of anilines is 1. The fourth-order valence-corrected chi connectivity index (χ4v) is 4.77. The Kier molecular flexibility index (Phi) is 6.46. The summed E-state index contributed by atoms with van der Waals surface area (Å²) in [5.74, 6) is 0.357. The van der Waals surface area contributed by atoms with E-state index in [0.29, 0.717) is 18.0 Å². The highest BCUT2D eigenvalue weighted by Crippen LogP contribution is 2.26. The van der Waals surface area contributed by atoms with Crippen LogP contribution in [0.15, 0.2) is 47.4 Å². The monoisotopic (exact) mass is 422 g/mol. The van der Waals surface area contributed by atoms with Crippen molar-refractivity contribution in [3.63, 3.8) is 0 Å². The molecule has 0 saturated heterocycles. The Balaban J connectivity index is 1.79. The number of carbonyl (C=O) groups is 1. The number of carbonyl (C=O) groups excluding carboxylic acids is 1. The van der Waals surface area contributed by atoms with Gasteiger partial charge in [-0.3, -0.25) is 9.52 Å². The third-order valence-electron chi connectivity index (χ3n) is 4.59. The van der Waals surface area contributed by atoms with E-state index >= 15 is 0 Å². The van der Waals surface area contributed by atoms with Crippen LogP contribution in [0.4, 0.5) is 5.69 Å². The Morgan fingerprint density at radius 1 is 1.14 bits per heavy atom. The summed E-state index contributed by atoms with van der Waals surface area (Å²) in [5.41, 5.74) is 0.642. The minimum atomic E-state index is -3.96. The van der Waals surface area contributed by atoms with Gasteiger partial charge in [-0.25, -0.2) is 8.42 Å². The SMILES string of the molecule is CCOc1ccc(NS(=O)(=O)c2cc(C(=O)NC3CCCC3)ccc2Cl)cc1. The van der Waals surface area contributed by atoms with E-state index in [1.165, 1.54) is 18.2 Å². The number of halogens is 1. The number of amides is 1. The Labute approximate surface area is 170 Å². The van der Waals surface area contributed by atoms with Crippen molar-refractivity contribution < 1.29 is 17.9 Å². The quantitative estimate of drug-likeness (QED) is 0.699. The number of sulfonamides is 1. The summed E-state index contributed by atoms with van der Waals surface area (Å²) in [5, 5.41) is 3.00. The van der Waals surface area contributed by atoms with Crippen molar-refractivity contribution >= 4 is 33.2 Å². The highest BCUT2D eigenvalue weighted by Gasteiger charge is 2.22. The number of hydrogen-bond donors (Lipinski definition) is 2. The standard InChI is InChI=1S/C20H23ClN2O4S/c1-2-27-17-10-8-16(9-11-17)23-28(25,26)19-13-14(7-12-18(19)21)20(24)22-15-5-3-4-6-15/h7-13,15,23H,2-6H2,1H3,(H,22,24). The van der Waals surface area contributed by atoms with Gasteiger partial charge in [0, 0.05) is 17.3 Å². The molecule has 0 unspecified atom stereocenters. The zero-order valence-electron chi connectivity index (χ0n) is 15.6. The van der Waals surface area contributed by atoms with Crippen LogP contribution in [0.25, 0.3) is 0 Å². The molecule has 8 heteroatoms. The lowest BCUT2D eigenvalue weighted by molar-refractivity contribution is 0.0937. The molecule has 2 aromatic carbocycles.